The number of hydrogen-bond donors (Lipinski definition) is 5. The van der Waals surface area contributed by atoms with E-state index in [0.717, 1.165) is 48.2 Å². The third-order valence-electron chi connectivity index (χ3n) is 6.11. The molecule has 1 aliphatic rings. The van der Waals surface area contributed by atoms with Crippen molar-refractivity contribution >= 4 is 18.3 Å². The predicted octanol–water partition coefficient (Wildman–Crippen LogP) is 2.18. The number of H-pyrrole nitrogens is 1. The summed E-state index contributed by atoms with van der Waals surface area (Å²) in [4.78, 5) is 33.3. The maximum absolute atomic E-state index is 12.6. The van der Waals surface area contributed by atoms with Gasteiger partial charge in [0.05, 0.1) is 18.3 Å². The lowest BCUT2D eigenvalue weighted by Crippen LogP contribution is -2.42. The van der Waals surface area contributed by atoms with Gasteiger partial charge in [0.2, 0.25) is 11.8 Å². The van der Waals surface area contributed by atoms with Gasteiger partial charge >= 0.3 is 0 Å². The Kier molecular flexibility index (Phi) is 10.6. The third kappa shape index (κ3) is 8.02. The molecule has 1 aromatic carbocycles. The summed E-state index contributed by atoms with van der Waals surface area (Å²) in [6.07, 6.45) is 4.10. The second kappa shape index (κ2) is 13.4. The van der Waals surface area contributed by atoms with E-state index in [4.69, 9.17) is 9.90 Å². The van der Waals surface area contributed by atoms with Gasteiger partial charge in [0, 0.05) is 30.5 Å². The van der Waals surface area contributed by atoms with Crippen LogP contribution < -0.4 is 10.6 Å². The van der Waals surface area contributed by atoms with Gasteiger partial charge in [-0.25, -0.2) is 0 Å². The Balaban J connectivity index is 0.00000122. The van der Waals surface area contributed by atoms with Gasteiger partial charge < -0.3 is 20.8 Å². The molecule has 1 heterocycles. The molecular formula is C24H34N4O5. The van der Waals surface area contributed by atoms with Crippen LogP contribution in [0.1, 0.15) is 60.7 Å². The average Bonchev–Trinajstić information content (AvgIpc) is 3.15. The molecule has 3 rings (SSSR count). The van der Waals surface area contributed by atoms with E-state index >= 15 is 0 Å². The maximum Gasteiger partial charge on any atom is 0.290 e. The van der Waals surface area contributed by atoms with Crippen molar-refractivity contribution in [1.82, 2.24) is 20.8 Å². The zero-order valence-electron chi connectivity index (χ0n) is 19.2. The molecule has 33 heavy (non-hydrogen) atoms. The molecule has 5 N–H and O–H groups in total. The van der Waals surface area contributed by atoms with E-state index in [9.17, 15) is 14.7 Å². The summed E-state index contributed by atoms with van der Waals surface area (Å²) in [5, 5.41) is 29.8. The molecule has 0 spiro atoms. The van der Waals surface area contributed by atoms with E-state index in [0.29, 0.717) is 12.8 Å². The van der Waals surface area contributed by atoms with Crippen LogP contribution in [0, 0.1) is 19.8 Å². The molecule has 1 saturated carbocycles. The number of carbonyl (C=O) groups is 3. The lowest BCUT2D eigenvalue weighted by Gasteiger charge is -2.29. The summed E-state index contributed by atoms with van der Waals surface area (Å²) in [7, 11) is 0. The molecule has 180 valence electrons. The van der Waals surface area contributed by atoms with Gasteiger partial charge in [-0.15, -0.1) is 0 Å². The molecule has 0 radical (unpaired) electrons. The number of carboxylic acid groups (broad SMARTS) is 1. The van der Waals surface area contributed by atoms with Crippen LogP contribution in [0.15, 0.2) is 30.3 Å². The number of amides is 2. The molecule has 1 aliphatic carbocycles. The molecule has 2 aromatic rings. The average molecular weight is 459 g/mol. The predicted molar refractivity (Wildman–Crippen MR) is 123 cm³/mol. The van der Waals surface area contributed by atoms with Crippen molar-refractivity contribution in [2.24, 2.45) is 5.92 Å². The first kappa shape index (κ1) is 26.1. The Morgan fingerprint density at radius 2 is 1.82 bits per heavy atom. The van der Waals surface area contributed by atoms with Crippen molar-refractivity contribution in [3.63, 3.8) is 0 Å². The molecule has 0 unspecified atom stereocenters. The molecule has 9 nitrogen and oxygen atoms in total. The Bertz CT molecular complexity index is 892. The van der Waals surface area contributed by atoms with Gasteiger partial charge in [-0.05, 0) is 50.7 Å². The fourth-order valence-electron chi connectivity index (χ4n) is 4.02. The molecule has 1 atom stereocenters. The summed E-state index contributed by atoms with van der Waals surface area (Å²) in [6, 6.07) is 9.24. The summed E-state index contributed by atoms with van der Waals surface area (Å²) >= 11 is 0. The van der Waals surface area contributed by atoms with E-state index in [1.54, 1.807) is 0 Å². The van der Waals surface area contributed by atoms with Gasteiger partial charge in [0.1, 0.15) is 0 Å². The van der Waals surface area contributed by atoms with Crippen molar-refractivity contribution in [3.05, 3.63) is 52.8 Å². The molecule has 0 saturated heterocycles. The van der Waals surface area contributed by atoms with Gasteiger partial charge in [0.15, 0.2) is 0 Å². The van der Waals surface area contributed by atoms with Crippen LogP contribution in [0.25, 0.3) is 0 Å². The highest BCUT2D eigenvalue weighted by atomic mass is 16.3. The van der Waals surface area contributed by atoms with E-state index < -0.39 is 0 Å². The highest BCUT2D eigenvalue weighted by molar-refractivity contribution is 5.79. The highest BCUT2D eigenvalue weighted by Gasteiger charge is 2.28. The van der Waals surface area contributed by atoms with Gasteiger partial charge in [0.25, 0.3) is 6.47 Å². The number of hydrogen-bond acceptors (Lipinski definition) is 5. The minimum Gasteiger partial charge on any atom is -0.483 e. The number of carbonyl (C=O) groups excluding carboxylic acids is 2. The standard InChI is InChI=1S/C23H32N4O3.CH2O2/c1-15-16(2)26-27-20(15)12-13-22(29)24-19-10-8-18(9-11-19)23(30)25-21(14-28)17-6-4-3-5-7-17;2-1-3/h3-7,18-19,21,28H,8-14H2,1-2H3,(H,24,29)(H,25,30)(H,26,27);1H,(H,2,3)/t18?,19?,21-;/m0./s1. The van der Waals surface area contributed by atoms with Gasteiger partial charge in [-0.2, -0.15) is 5.10 Å². The number of aliphatic hydroxyl groups is 1. The van der Waals surface area contributed by atoms with Gasteiger partial charge in [-0.3, -0.25) is 19.5 Å². The number of aliphatic hydroxyl groups excluding tert-OH is 1. The molecule has 0 aliphatic heterocycles. The monoisotopic (exact) mass is 458 g/mol. The number of rotatable bonds is 8. The second-order valence-corrected chi connectivity index (χ2v) is 8.30. The normalized spacial score (nSPS) is 18.4. The lowest BCUT2D eigenvalue weighted by molar-refractivity contribution is -0.127. The summed E-state index contributed by atoms with van der Waals surface area (Å²) in [6.45, 7) is 3.61. The minimum absolute atomic E-state index is 0.0212. The fraction of sp³-hybridized carbons (Fsp3) is 0.500. The zero-order valence-corrected chi connectivity index (χ0v) is 19.2. The molecule has 1 aromatic heterocycles. The van der Waals surface area contributed by atoms with Crippen molar-refractivity contribution in [3.8, 4) is 0 Å². The molecule has 1 fully saturated rings. The van der Waals surface area contributed by atoms with Crippen LogP contribution in [0.3, 0.4) is 0 Å². The molecule has 2 amide bonds. The number of aryl methyl sites for hydroxylation is 2. The third-order valence-corrected chi connectivity index (χ3v) is 6.11. The summed E-state index contributed by atoms with van der Waals surface area (Å²) < 4.78 is 0. The smallest absolute Gasteiger partial charge is 0.290 e. The first-order chi connectivity index (χ1) is 15.9. The number of aromatic nitrogens is 2. The Morgan fingerprint density at radius 3 is 2.36 bits per heavy atom. The highest BCUT2D eigenvalue weighted by Crippen LogP contribution is 2.26. The van der Waals surface area contributed by atoms with Crippen LogP contribution in [0.2, 0.25) is 0 Å². The number of nitrogens with zero attached hydrogens (tertiary/aromatic N) is 1. The van der Waals surface area contributed by atoms with E-state index in [-0.39, 0.29) is 42.9 Å². The molecule has 9 heteroatoms. The van der Waals surface area contributed by atoms with Crippen LogP contribution >= 0.6 is 0 Å². The van der Waals surface area contributed by atoms with Crippen LogP contribution in [0.4, 0.5) is 0 Å². The SMILES string of the molecule is Cc1[nH]nc(CCC(=O)NC2CCC(C(=O)N[C@@H](CO)c3ccccc3)CC2)c1C.O=CO. The first-order valence-electron chi connectivity index (χ1n) is 11.2. The lowest BCUT2D eigenvalue weighted by atomic mass is 9.85. The van der Waals surface area contributed by atoms with Crippen molar-refractivity contribution in [1.29, 1.82) is 0 Å². The van der Waals surface area contributed by atoms with Crippen molar-refractivity contribution in [2.45, 2.75) is 64.5 Å². The van der Waals surface area contributed by atoms with Gasteiger partial charge in [-0.1, -0.05) is 30.3 Å². The summed E-state index contributed by atoms with van der Waals surface area (Å²) in [5.41, 5.74) is 4.00. The fourth-order valence-corrected chi connectivity index (χ4v) is 4.02. The van der Waals surface area contributed by atoms with Crippen LogP contribution in [0.5, 0.6) is 0 Å². The van der Waals surface area contributed by atoms with Crippen LogP contribution in [-0.2, 0) is 20.8 Å². The van der Waals surface area contributed by atoms with E-state index in [1.165, 1.54) is 0 Å². The zero-order chi connectivity index (χ0) is 24.2. The van der Waals surface area contributed by atoms with Crippen molar-refractivity contribution in [2.75, 3.05) is 6.61 Å². The summed E-state index contributed by atoms with van der Waals surface area (Å²) in [5.74, 6) is -0.0648. The van der Waals surface area contributed by atoms with Crippen LogP contribution in [-0.4, -0.2) is 51.3 Å². The number of aromatic amines is 1. The number of benzene rings is 1. The first-order valence-corrected chi connectivity index (χ1v) is 11.2. The van der Waals surface area contributed by atoms with E-state index in [1.807, 2.05) is 44.2 Å². The van der Waals surface area contributed by atoms with Crippen molar-refractivity contribution < 1.29 is 24.6 Å². The van der Waals surface area contributed by atoms with E-state index in [2.05, 4.69) is 20.8 Å². The molecular weight excluding hydrogens is 424 g/mol. The Hall–Kier alpha value is -3.20. The second-order valence-electron chi connectivity index (χ2n) is 8.30. The Labute approximate surface area is 194 Å². The number of nitrogens with one attached hydrogen (secondary N) is 3. The maximum atomic E-state index is 12.6. The Morgan fingerprint density at radius 1 is 1.18 bits per heavy atom. The largest absolute Gasteiger partial charge is 0.483 e. The topological polar surface area (TPSA) is 144 Å². The quantitative estimate of drug-likeness (QED) is 0.384. The minimum atomic E-state index is -0.384. The molecule has 0 bridgehead atoms.